The van der Waals surface area contributed by atoms with Crippen molar-refractivity contribution in [3.05, 3.63) is 17.0 Å². The maximum Gasteiger partial charge on any atom is 0.227 e. The highest BCUT2D eigenvalue weighted by molar-refractivity contribution is 5.84. The summed E-state index contributed by atoms with van der Waals surface area (Å²) in [7, 11) is 0. The Balaban J connectivity index is 1.72. The summed E-state index contributed by atoms with van der Waals surface area (Å²) in [6.45, 7) is 11.4. The molecule has 0 bridgehead atoms. The van der Waals surface area contributed by atoms with E-state index in [0.29, 0.717) is 0 Å². The number of aryl methyl sites for hydroxylation is 2. The van der Waals surface area contributed by atoms with Crippen LogP contribution in [0.15, 0.2) is 4.52 Å². The van der Waals surface area contributed by atoms with Crippen LogP contribution in [0.3, 0.4) is 0 Å². The molecule has 3 rings (SSSR count). The second-order valence-corrected chi connectivity index (χ2v) is 7.60. The molecule has 6 nitrogen and oxygen atoms in total. The number of amides is 1. The number of nitrogens with one attached hydrogen (secondary N) is 1. The third-order valence-corrected chi connectivity index (χ3v) is 6.19. The van der Waals surface area contributed by atoms with Gasteiger partial charge in [0.1, 0.15) is 5.76 Å². The maximum absolute atomic E-state index is 12.9. The zero-order chi connectivity index (χ0) is 18.0. The smallest absolute Gasteiger partial charge is 0.227 e. The van der Waals surface area contributed by atoms with Gasteiger partial charge in [0.25, 0.3) is 0 Å². The van der Waals surface area contributed by atoms with Crippen molar-refractivity contribution in [1.82, 2.24) is 15.4 Å². The SMILES string of the molecule is Cc1noc(C)c1[C@@H](C)C(=O)N[C@@H](C)C1(N2CCOCC2)CCCC1. The molecule has 2 heterocycles. The Morgan fingerprint density at radius 3 is 2.40 bits per heavy atom. The van der Waals surface area contributed by atoms with E-state index in [4.69, 9.17) is 9.26 Å². The number of nitrogens with zero attached hydrogens (tertiary/aromatic N) is 2. The van der Waals surface area contributed by atoms with E-state index in [1.165, 1.54) is 12.8 Å². The van der Waals surface area contributed by atoms with Crippen molar-refractivity contribution in [2.75, 3.05) is 26.3 Å². The second kappa shape index (κ2) is 7.46. The summed E-state index contributed by atoms with van der Waals surface area (Å²) in [5.41, 5.74) is 1.78. The summed E-state index contributed by atoms with van der Waals surface area (Å²) in [6.07, 6.45) is 4.76. The van der Waals surface area contributed by atoms with Crippen LogP contribution < -0.4 is 5.32 Å². The van der Waals surface area contributed by atoms with Crippen LogP contribution >= 0.6 is 0 Å². The van der Waals surface area contributed by atoms with E-state index in [1.54, 1.807) is 0 Å². The summed E-state index contributed by atoms with van der Waals surface area (Å²) in [6, 6.07) is 0.114. The first kappa shape index (κ1) is 18.4. The Kier molecular flexibility index (Phi) is 5.49. The number of carbonyl (C=O) groups excluding carboxylic acids is 1. The summed E-state index contributed by atoms with van der Waals surface area (Å²) >= 11 is 0. The van der Waals surface area contributed by atoms with Gasteiger partial charge in [-0.15, -0.1) is 0 Å². The average Bonchev–Trinajstić information content (AvgIpc) is 3.23. The van der Waals surface area contributed by atoms with Gasteiger partial charge in [-0.25, -0.2) is 0 Å². The molecule has 1 saturated heterocycles. The highest BCUT2D eigenvalue weighted by Crippen LogP contribution is 2.39. The fourth-order valence-electron chi connectivity index (χ4n) is 4.73. The van der Waals surface area contributed by atoms with E-state index >= 15 is 0 Å². The zero-order valence-electron chi connectivity index (χ0n) is 15.9. The number of rotatable bonds is 5. The number of morpholine rings is 1. The summed E-state index contributed by atoms with van der Waals surface area (Å²) < 4.78 is 10.8. The highest BCUT2D eigenvalue weighted by atomic mass is 16.5. The molecule has 0 spiro atoms. The van der Waals surface area contributed by atoms with Crippen LogP contribution in [0, 0.1) is 13.8 Å². The molecule has 1 aromatic heterocycles. The van der Waals surface area contributed by atoms with Gasteiger partial charge in [-0.3, -0.25) is 9.69 Å². The van der Waals surface area contributed by atoms with Crippen LogP contribution in [0.5, 0.6) is 0 Å². The van der Waals surface area contributed by atoms with Gasteiger partial charge < -0.3 is 14.6 Å². The number of aromatic nitrogens is 1. The van der Waals surface area contributed by atoms with Crippen molar-refractivity contribution in [1.29, 1.82) is 0 Å². The lowest BCUT2D eigenvalue weighted by molar-refractivity contribution is -0.124. The van der Waals surface area contributed by atoms with Crippen molar-refractivity contribution < 1.29 is 14.1 Å². The maximum atomic E-state index is 12.9. The molecule has 1 saturated carbocycles. The summed E-state index contributed by atoms with van der Waals surface area (Å²) in [4.78, 5) is 15.5. The first-order valence-corrected chi connectivity index (χ1v) is 9.51. The molecule has 140 valence electrons. The Morgan fingerprint density at radius 2 is 1.84 bits per heavy atom. The quantitative estimate of drug-likeness (QED) is 0.885. The van der Waals surface area contributed by atoms with E-state index in [9.17, 15) is 4.79 Å². The van der Waals surface area contributed by atoms with Crippen LogP contribution in [0.2, 0.25) is 0 Å². The average molecular weight is 349 g/mol. The van der Waals surface area contributed by atoms with Crippen molar-refractivity contribution >= 4 is 5.91 Å². The first-order valence-electron chi connectivity index (χ1n) is 9.51. The van der Waals surface area contributed by atoms with Crippen LogP contribution in [-0.2, 0) is 9.53 Å². The molecule has 0 aromatic carbocycles. The number of hydrogen-bond donors (Lipinski definition) is 1. The molecule has 1 aliphatic carbocycles. The minimum absolute atomic E-state index is 0.0569. The Hall–Kier alpha value is -1.40. The minimum Gasteiger partial charge on any atom is -0.379 e. The first-order chi connectivity index (χ1) is 12.0. The molecule has 1 N–H and O–H groups in total. The fraction of sp³-hybridized carbons (Fsp3) is 0.789. The monoisotopic (exact) mass is 349 g/mol. The lowest BCUT2D eigenvalue weighted by Gasteiger charge is -2.47. The number of carbonyl (C=O) groups is 1. The molecule has 0 radical (unpaired) electrons. The standard InChI is InChI=1S/C19H31N3O3/c1-13(17-14(2)21-25-15(17)3)18(23)20-16(4)19(7-5-6-8-19)22-9-11-24-12-10-22/h13,16H,5-12H2,1-4H3,(H,20,23)/t13-,16+/m1/s1. The molecule has 1 aliphatic heterocycles. The lowest BCUT2D eigenvalue weighted by atomic mass is 9.86. The van der Waals surface area contributed by atoms with E-state index in [2.05, 4.69) is 22.3 Å². The van der Waals surface area contributed by atoms with E-state index in [-0.39, 0.29) is 23.4 Å². The van der Waals surface area contributed by atoms with Crippen molar-refractivity contribution in [2.45, 2.75) is 70.9 Å². The predicted molar refractivity (Wildman–Crippen MR) is 95.6 cm³/mol. The molecule has 1 aromatic rings. The van der Waals surface area contributed by atoms with Gasteiger partial charge in [-0.05, 0) is 40.5 Å². The van der Waals surface area contributed by atoms with Crippen molar-refractivity contribution in [2.24, 2.45) is 0 Å². The molecular weight excluding hydrogens is 318 g/mol. The molecule has 0 unspecified atom stereocenters. The van der Waals surface area contributed by atoms with Gasteiger partial charge in [-0.1, -0.05) is 18.0 Å². The largest absolute Gasteiger partial charge is 0.379 e. The number of ether oxygens (including phenoxy) is 1. The van der Waals surface area contributed by atoms with Gasteiger partial charge >= 0.3 is 0 Å². The molecule has 2 aliphatic rings. The topological polar surface area (TPSA) is 67.6 Å². The van der Waals surface area contributed by atoms with E-state index in [1.807, 2.05) is 20.8 Å². The molecule has 2 fully saturated rings. The van der Waals surface area contributed by atoms with Gasteiger partial charge in [-0.2, -0.15) is 0 Å². The van der Waals surface area contributed by atoms with Crippen LogP contribution in [-0.4, -0.2) is 53.8 Å². The molecule has 2 atom stereocenters. The molecular formula is C19H31N3O3. The predicted octanol–water partition coefficient (Wildman–Crippen LogP) is 2.54. The van der Waals surface area contributed by atoms with Gasteiger partial charge in [0, 0.05) is 30.2 Å². The van der Waals surface area contributed by atoms with Crippen LogP contribution in [0.4, 0.5) is 0 Å². The van der Waals surface area contributed by atoms with Crippen LogP contribution in [0.1, 0.15) is 62.5 Å². The lowest BCUT2D eigenvalue weighted by Crippen LogP contribution is -2.62. The van der Waals surface area contributed by atoms with Gasteiger partial charge in [0.15, 0.2) is 0 Å². The normalized spacial score (nSPS) is 23.4. The second-order valence-electron chi connectivity index (χ2n) is 7.60. The highest BCUT2D eigenvalue weighted by Gasteiger charge is 2.45. The van der Waals surface area contributed by atoms with Gasteiger partial charge in [0.2, 0.25) is 5.91 Å². The molecule has 1 amide bonds. The summed E-state index contributed by atoms with van der Waals surface area (Å²) in [5, 5.41) is 7.30. The van der Waals surface area contributed by atoms with Gasteiger partial charge in [0.05, 0.1) is 24.8 Å². The third-order valence-electron chi connectivity index (χ3n) is 6.19. The van der Waals surface area contributed by atoms with Crippen LogP contribution in [0.25, 0.3) is 0 Å². The fourth-order valence-corrected chi connectivity index (χ4v) is 4.73. The third kappa shape index (κ3) is 3.47. The number of hydrogen-bond acceptors (Lipinski definition) is 5. The van der Waals surface area contributed by atoms with E-state index in [0.717, 1.165) is 56.2 Å². The minimum atomic E-state index is -0.253. The van der Waals surface area contributed by atoms with E-state index < -0.39 is 0 Å². The summed E-state index contributed by atoms with van der Waals surface area (Å²) in [5.74, 6) is 0.537. The Morgan fingerprint density at radius 1 is 1.20 bits per heavy atom. The zero-order valence-corrected chi connectivity index (χ0v) is 15.9. The Labute approximate surface area is 150 Å². The van der Waals surface area contributed by atoms with Crippen molar-refractivity contribution in [3.8, 4) is 0 Å². The molecule has 6 heteroatoms. The molecule has 25 heavy (non-hydrogen) atoms. The van der Waals surface area contributed by atoms with Crippen molar-refractivity contribution in [3.63, 3.8) is 0 Å². The Bertz CT molecular complexity index is 582.